The van der Waals surface area contributed by atoms with Gasteiger partial charge < -0.3 is 45.8 Å². The van der Waals surface area contributed by atoms with Crippen LogP contribution in [0.15, 0.2) is 0 Å². The van der Waals surface area contributed by atoms with E-state index in [4.69, 9.17) is 0 Å². The smallest absolute Gasteiger partial charge is 0.255 e. The summed E-state index contributed by atoms with van der Waals surface area (Å²) in [6.45, 7) is 8.62. The van der Waals surface area contributed by atoms with Gasteiger partial charge in [-0.05, 0) is 74.9 Å². The number of carbonyl (C=O) groups is 5. The number of hydrogen-bond donors (Lipinski definition) is 6. The maximum Gasteiger partial charge on any atom is 0.255 e. The predicted octanol–water partition coefficient (Wildman–Crippen LogP) is 0.952. The molecule has 0 saturated heterocycles. The van der Waals surface area contributed by atoms with Crippen LogP contribution in [0, 0.1) is 41.5 Å². The van der Waals surface area contributed by atoms with Crippen molar-refractivity contribution in [1.29, 1.82) is 0 Å². The number of aliphatic hydroxyl groups is 4. The van der Waals surface area contributed by atoms with Crippen molar-refractivity contribution in [2.45, 2.75) is 53.8 Å². The van der Waals surface area contributed by atoms with Crippen LogP contribution in [-0.4, -0.2) is 138 Å². The third-order valence-electron chi connectivity index (χ3n) is 8.80. The Labute approximate surface area is 281 Å². The predicted molar refractivity (Wildman–Crippen MR) is 182 cm³/mol. The van der Waals surface area contributed by atoms with Crippen LogP contribution in [0.5, 0.6) is 0 Å². The zero-order valence-electron chi connectivity index (χ0n) is 29.4. The maximum absolute atomic E-state index is 14.0. The zero-order valence-corrected chi connectivity index (χ0v) is 29.4. The van der Waals surface area contributed by atoms with Crippen LogP contribution in [-0.2, 0) is 4.79 Å². The van der Waals surface area contributed by atoms with Gasteiger partial charge in [-0.25, -0.2) is 0 Å². The maximum atomic E-state index is 14.0. The Bertz CT molecular complexity index is 1590. The lowest BCUT2D eigenvalue weighted by molar-refractivity contribution is -0.125. The summed E-state index contributed by atoms with van der Waals surface area (Å²) in [6.07, 6.45) is -2.24. The standard InChI is InChI=1S/C34H49N5O9/c1-17-24(15-41)18(2)29(35-7)20(4)26(17)32(46)37(8)11-12-38(9)33(47)27-19(3)28(34(48)39(10)13-23(43)14-40)22(6)30(21(27)5)36-31(45)25(44)16-42/h15,23,25,35,40,42-44H,11-14,16H2,1-10H3,(H,36,45). The Hall–Kier alpha value is -4.37. The fourth-order valence-electron chi connectivity index (χ4n) is 5.98. The number of amides is 4. The lowest BCUT2D eigenvalue weighted by Gasteiger charge is -2.28. The summed E-state index contributed by atoms with van der Waals surface area (Å²) in [5.74, 6) is -2.37. The number of aliphatic hydroxyl groups excluding tert-OH is 4. The average Bonchev–Trinajstić information content (AvgIpc) is 3.04. The number of hydrogen-bond acceptors (Lipinski definition) is 10. The third kappa shape index (κ3) is 8.01. The van der Waals surface area contributed by atoms with Gasteiger partial charge in [0.25, 0.3) is 23.6 Å². The van der Waals surface area contributed by atoms with Crippen molar-refractivity contribution in [1.82, 2.24) is 14.7 Å². The Balaban J connectivity index is 2.54. The molecule has 0 aliphatic heterocycles. The fraction of sp³-hybridized carbons (Fsp3) is 0.500. The summed E-state index contributed by atoms with van der Waals surface area (Å²) in [6, 6.07) is 0. The lowest BCUT2D eigenvalue weighted by atomic mass is 9.89. The molecule has 0 heterocycles. The second kappa shape index (κ2) is 16.6. The molecule has 0 aliphatic rings. The molecule has 2 unspecified atom stereocenters. The van der Waals surface area contributed by atoms with Crippen molar-refractivity contribution in [3.8, 4) is 0 Å². The van der Waals surface area contributed by atoms with Gasteiger partial charge in [-0.3, -0.25) is 24.0 Å². The Kier molecular flexibility index (Phi) is 13.8. The minimum absolute atomic E-state index is 0.0720. The SMILES string of the molecule is CNc1c(C)c(C=O)c(C)c(C(=O)N(C)CCN(C)C(=O)c2c(C)c(NC(=O)C(O)CO)c(C)c(C(=O)N(C)CC(O)CO)c2C)c1C. The van der Waals surface area contributed by atoms with Gasteiger partial charge in [0.2, 0.25) is 0 Å². The van der Waals surface area contributed by atoms with E-state index in [0.717, 1.165) is 11.8 Å². The van der Waals surface area contributed by atoms with Crippen LogP contribution >= 0.6 is 0 Å². The highest BCUT2D eigenvalue weighted by Crippen LogP contribution is 2.34. The second-order valence-electron chi connectivity index (χ2n) is 12.1. The van der Waals surface area contributed by atoms with Crippen LogP contribution < -0.4 is 10.6 Å². The largest absolute Gasteiger partial charge is 0.394 e. The highest BCUT2D eigenvalue weighted by atomic mass is 16.3. The monoisotopic (exact) mass is 671 g/mol. The molecular weight excluding hydrogens is 622 g/mol. The van der Waals surface area contributed by atoms with Crippen molar-refractivity contribution in [2.75, 3.05) is 71.7 Å². The van der Waals surface area contributed by atoms with Gasteiger partial charge in [0.15, 0.2) is 12.4 Å². The van der Waals surface area contributed by atoms with E-state index in [-0.39, 0.29) is 42.4 Å². The van der Waals surface area contributed by atoms with E-state index in [0.29, 0.717) is 44.6 Å². The third-order valence-corrected chi connectivity index (χ3v) is 8.80. The van der Waals surface area contributed by atoms with Gasteiger partial charge in [0.1, 0.15) is 0 Å². The van der Waals surface area contributed by atoms with Crippen LogP contribution in [0.4, 0.5) is 11.4 Å². The van der Waals surface area contributed by atoms with Gasteiger partial charge in [-0.1, -0.05) is 0 Å². The number of benzene rings is 2. The highest BCUT2D eigenvalue weighted by Gasteiger charge is 2.30. The quantitative estimate of drug-likeness (QED) is 0.157. The normalized spacial score (nSPS) is 12.2. The van der Waals surface area contributed by atoms with E-state index in [9.17, 15) is 44.4 Å². The summed E-state index contributed by atoms with van der Waals surface area (Å²) in [5.41, 5.74) is 4.67. The number of aldehydes is 1. The molecule has 0 saturated carbocycles. The van der Waals surface area contributed by atoms with Crippen LogP contribution in [0.25, 0.3) is 0 Å². The average molecular weight is 672 g/mol. The van der Waals surface area contributed by atoms with Crippen molar-refractivity contribution >= 4 is 41.3 Å². The van der Waals surface area contributed by atoms with E-state index in [1.807, 2.05) is 6.92 Å². The van der Waals surface area contributed by atoms with E-state index >= 15 is 0 Å². The molecule has 0 aliphatic carbocycles. The molecule has 0 bridgehead atoms. The summed E-state index contributed by atoms with van der Waals surface area (Å²) >= 11 is 0. The van der Waals surface area contributed by atoms with Gasteiger partial charge in [0.05, 0.1) is 19.3 Å². The Morgan fingerprint density at radius 1 is 0.667 bits per heavy atom. The van der Waals surface area contributed by atoms with E-state index < -0.39 is 43.1 Å². The van der Waals surface area contributed by atoms with Crippen molar-refractivity contribution in [2.24, 2.45) is 0 Å². The van der Waals surface area contributed by atoms with E-state index in [1.165, 1.54) is 28.8 Å². The first-order valence-corrected chi connectivity index (χ1v) is 15.5. The number of rotatable bonds is 14. The van der Waals surface area contributed by atoms with E-state index in [1.54, 1.807) is 48.7 Å². The summed E-state index contributed by atoms with van der Waals surface area (Å²) in [4.78, 5) is 69.9. The number of carbonyl (C=O) groups excluding carboxylic acids is 5. The zero-order chi connectivity index (χ0) is 36.8. The highest BCUT2D eigenvalue weighted by molar-refractivity contribution is 6.08. The number of anilines is 2. The number of nitrogens with zero attached hydrogens (tertiary/aromatic N) is 3. The minimum Gasteiger partial charge on any atom is -0.394 e. The van der Waals surface area contributed by atoms with Crippen LogP contribution in [0.3, 0.4) is 0 Å². The molecule has 0 fully saturated rings. The lowest BCUT2D eigenvalue weighted by Crippen LogP contribution is -2.39. The molecule has 14 heteroatoms. The molecule has 6 N–H and O–H groups in total. The molecule has 0 radical (unpaired) electrons. The Morgan fingerprint density at radius 2 is 1.10 bits per heavy atom. The second-order valence-corrected chi connectivity index (χ2v) is 12.1. The summed E-state index contributed by atoms with van der Waals surface area (Å²) in [7, 11) is 6.26. The van der Waals surface area contributed by atoms with Gasteiger partial charge in [0, 0.05) is 81.5 Å². The minimum atomic E-state index is -1.76. The Morgan fingerprint density at radius 3 is 1.52 bits per heavy atom. The van der Waals surface area contributed by atoms with Gasteiger partial charge in [-0.2, -0.15) is 0 Å². The van der Waals surface area contributed by atoms with Crippen LogP contribution in [0.1, 0.15) is 74.8 Å². The van der Waals surface area contributed by atoms with Crippen LogP contribution in [0.2, 0.25) is 0 Å². The summed E-state index contributed by atoms with van der Waals surface area (Å²) in [5, 5.41) is 44.0. The first-order chi connectivity index (χ1) is 22.4. The molecule has 14 nitrogen and oxygen atoms in total. The first-order valence-electron chi connectivity index (χ1n) is 15.5. The first kappa shape index (κ1) is 39.8. The molecule has 2 aromatic rings. The number of nitrogens with one attached hydrogen (secondary N) is 2. The molecule has 264 valence electrons. The molecular formula is C34H49N5O9. The van der Waals surface area contributed by atoms with Crippen molar-refractivity contribution in [3.05, 3.63) is 55.6 Å². The van der Waals surface area contributed by atoms with E-state index in [2.05, 4.69) is 10.6 Å². The summed E-state index contributed by atoms with van der Waals surface area (Å²) < 4.78 is 0. The van der Waals surface area contributed by atoms with Gasteiger partial charge >= 0.3 is 0 Å². The molecule has 2 aromatic carbocycles. The molecule has 0 spiro atoms. The molecule has 48 heavy (non-hydrogen) atoms. The molecule has 4 amide bonds. The van der Waals surface area contributed by atoms with Crippen molar-refractivity contribution in [3.63, 3.8) is 0 Å². The molecule has 2 atom stereocenters. The fourth-order valence-corrected chi connectivity index (χ4v) is 5.98. The molecule has 2 rings (SSSR count). The van der Waals surface area contributed by atoms with Gasteiger partial charge in [-0.15, -0.1) is 0 Å². The van der Waals surface area contributed by atoms with Crippen molar-refractivity contribution < 1.29 is 44.4 Å². The number of likely N-dealkylation sites (N-methyl/N-ethyl adjacent to an activating group) is 3. The topological polar surface area (TPSA) is 200 Å². The molecule has 0 aromatic heterocycles.